The fourth-order valence-electron chi connectivity index (χ4n) is 5.83. The third-order valence-corrected chi connectivity index (χ3v) is 7.52. The van der Waals surface area contributed by atoms with Crippen LogP contribution in [0.2, 0.25) is 0 Å². The summed E-state index contributed by atoms with van der Waals surface area (Å²) in [6, 6.07) is 27.3. The molecule has 0 spiro atoms. The first kappa shape index (κ1) is 18.8. The number of nitrogens with zero attached hydrogens (tertiary/aromatic N) is 2. The van der Waals surface area contributed by atoms with E-state index in [1.807, 2.05) is 16.8 Å². The second kappa shape index (κ2) is 6.49. The first-order valence-electron chi connectivity index (χ1n) is 12.0. The van der Waals surface area contributed by atoms with Gasteiger partial charge in [0.15, 0.2) is 5.58 Å². The molecule has 1 unspecified atom stereocenters. The fraction of sp³-hybridized carbons (Fsp3) is 0.0968. The van der Waals surface area contributed by atoms with E-state index < -0.39 is 0 Å². The van der Waals surface area contributed by atoms with Gasteiger partial charge in [-0.3, -0.25) is 4.68 Å². The third-order valence-electron chi connectivity index (χ3n) is 7.52. The maximum absolute atomic E-state index is 6.59. The summed E-state index contributed by atoms with van der Waals surface area (Å²) in [5.41, 5.74) is 7.17. The van der Waals surface area contributed by atoms with Crippen molar-refractivity contribution in [1.82, 2.24) is 9.24 Å². The van der Waals surface area contributed by atoms with Crippen molar-refractivity contribution >= 4 is 71.2 Å². The number of nitrogen functional groups attached to an aromatic ring is 1. The molecule has 4 heteroatoms. The van der Waals surface area contributed by atoms with Gasteiger partial charge in [0.1, 0.15) is 5.58 Å². The SMILES string of the molecule is CC1C=CC(n2c3cc4c5ccccc5n(N)c4cc3c3ccc4oc5c#cccc5c4c32)=CC1. The third kappa shape index (κ3) is 2.37. The number of allylic oxidation sites excluding steroid dienone is 4. The van der Waals surface area contributed by atoms with Crippen LogP contribution in [-0.4, -0.2) is 9.24 Å². The molecule has 1 aliphatic carbocycles. The first-order valence-corrected chi connectivity index (χ1v) is 12.0. The summed E-state index contributed by atoms with van der Waals surface area (Å²) in [6.45, 7) is 2.25. The number of hydrogen-bond donors (Lipinski definition) is 1. The lowest BCUT2D eigenvalue weighted by Gasteiger charge is -2.15. The molecule has 3 heterocycles. The molecule has 3 aromatic heterocycles. The quantitative estimate of drug-likeness (QED) is 0.262. The molecule has 1 atom stereocenters. The predicted octanol–water partition coefficient (Wildman–Crippen LogP) is 7.55. The highest BCUT2D eigenvalue weighted by atomic mass is 16.3. The van der Waals surface area contributed by atoms with Crippen LogP contribution in [-0.2, 0) is 0 Å². The van der Waals surface area contributed by atoms with E-state index in [2.05, 4.69) is 90.4 Å². The van der Waals surface area contributed by atoms with E-state index in [9.17, 15) is 0 Å². The maximum atomic E-state index is 6.59. The first-order chi connectivity index (χ1) is 17.2. The summed E-state index contributed by atoms with van der Waals surface area (Å²) in [5.74, 6) is 7.12. The minimum atomic E-state index is 0.536. The summed E-state index contributed by atoms with van der Waals surface area (Å²) in [6.07, 6.45) is 7.92. The zero-order valence-corrected chi connectivity index (χ0v) is 19.2. The molecule has 0 saturated heterocycles. The van der Waals surface area contributed by atoms with E-state index in [1.165, 1.54) is 22.0 Å². The molecule has 35 heavy (non-hydrogen) atoms. The summed E-state index contributed by atoms with van der Waals surface area (Å²) >= 11 is 0. The van der Waals surface area contributed by atoms with Gasteiger partial charge in [0, 0.05) is 32.6 Å². The highest BCUT2D eigenvalue weighted by Crippen LogP contribution is 2.43. The molecule has 0 fully saturated rings. The van der Waals surface area contributed by atoms with E-state index in [-0.39, 0.29) is 0 Å². The van der Waals surface area contributed by atoms with Gasteiger partial charge >= 0.3 is 0 Å². The summed E-state index contributed by atoms with van der Waals surface area (Å²) in [5, 5.41) is 6.84. The van der Waals surface area contributed by atoms with Crippen molar-refractivity contribution in [3.8, 4) is 0 Å². The van der Waals surface area contributed by atoms with Crippen LogP contribution in [0.15, 0.2) is 83.3 Å². The second-order valence-electron chi connectivity index (χ2n) is 9.59. The highest BCUT2D eigenvalue weighted by Gasteiger charge is 2.22. The van der Waals surface area contributed by atoms with Gasteiger partial charge in [-0.2, -0.15) is 0 Å². The van der Waals surface area contributed by atoms with Crippen LogP contribution in [0, 0.1) is 18.1 Å². The van der Waals surface area contributed by atoms with E-state index in [1.54, 1.807) is 0 Å². The monoisotopic (exact) mass is 451 g/mol. The Morgan fingerprint density at radius 3 is 2.66 bits per heavy atom. The average Bonchev–Trinajstić information content (AvgIpc) is 3.51. The van der Waals surface area contributed by atoms with Crippen LogP contribution < -0.4 is 5.84 Å². The lowest BCUT2D eigenvalue weighted by atomic mass is 10.0. The molecule has 8 rings (SSSR count). The predicted molar refractivity (Wildman–Crippen MR) is 145 cm³/mol. The molecule has 0 saturated carbocycles. The summed E-state index contributed by atoms with van der Waals surface area (Å²) in [4.78, 5) is 0. The number of hydrogen-bond acceptors (Lipinski definition) is 2. The van der Waals surface area contributed by atoms with E-state index in [4.69, 9.17) is 10.3 Å². The van der Waals surface area contributed by atoms with Gasteiger partial charge in [0.05, 0.1) is 27.5 Å². The smallest absolute Gasteiger partial charge is 0.185 e. The Labute approximate surface area is 201 Å². The van der Waals surface area contributed by atoms with Crippen molar-refractivity contribution in [2.45, 2.75) is 13.3 Å². The van der Waals surface area contributed by atoms with Crippen LogP contribution >= 0.6 is 0 Å². The minimum Gasteiger partial charge on any atom is -0.447 e. The topological polar surface area (TPSA) is 49.0 Å². The number of rotatable bonds is 1. The van der Waals surface area contributed by atoms with Crippen molar-refractivity contribution in [2.24, 2.45) is 5.92 Å². The zero-order chi connectivity index (χ0) is 23.3. The summed E-state index contributed by atoms with van der Waals surface area (Å²) in [7, 11) is 0. The number of furan rings is 1. The van der Waals surface area contributed by atoms with Crippen LogP contribution in [0.1, 0.15) is 13.3 Å². The summed E-state index contributed by atoms with van der Waals surface area (Å²) < 4.78 is 10.4. The van der Waals surface area contributed by atoms with E-state index >= 15 is 0 Å². The molecule has 4 aromatic carbocycles. The Balaban J connectivity index is 1.63. The fourth-order valence-corrected chi connectivity index (χ4v) is 5.83. The molecule has 0 radical (unpaired) electrons. The molecule has 7 aromatic rings. The molecular weight excluding hydrogens is 430 g/mol. The van der Waals surface area contributed by atoms with Crippen LogP contribution in [0.3, 0.4) is 0 Å². The largest absolute Gasteiger partial charge is 0.447 e. The number of aromatic nitrogens is 2. The van der Waals surface area contributed by atoms with Gasteiger partial charge in [-0.05, 0) is 66.9 Å². The molecule has 0 aliphatic heterocycles. The minimum absolute atomic E-state index is 0.536. The number of benzene rings is 3. The molecular formula is C31H21N3O. The molecule has 0 bridgehead atoms. The molecule has 166 valence electrons. The van der Waals surface area contributed by atoms with Crippen molar-refractivity contribution in [3.05, 3.63) is 91.0 Å². The van der Waals surface area contributed by atoms with Crippen molar-refractivity contribution < 1.29 is 4.42 Å². The highest BCUT2D eigenvalue weighted by molar-refractivity contribution is 6.27. The van der Waals surface area contributed by atoms with Crippen molar-refractivity contribution in [3.63, 3.8) is 0 Å². The van der Waals surface area contributed by atoms with Crippen molar-refractivity contribution in [1.29, 1.82) is 0 Å². The Morgan fingerprint density at radius 1 is 0.914 bits per heavy atom. The van der Waals surface area contributed by atoms with Crippen LogP contribution in [0.25, 0.3) is 71.2 Å². The van der Waals surface area contributed by atoms with Gasteiger partial charge in [0.2, 0.25) is 0 Å². The lowest BCUT2D eigenvalue weighted by molar-refractivity contribution is 0.669. The van der Waals surface area contributed by atoms with Crippen LogP contribution in [0.5, 0.6) is 0 Å². The maximum Gasteiger partial charge on any atom is 0.185 e. The Hall–Kier alpha value is -4.62. The van der Waals surface area contributed by atoms with Gasteiger partial charge < -0.3 is 14.8 Å². The van der Waals surface area contributed by atoms with Gasteiger partial charge in [-0.25, -0.2) is 0 Å². The van der Waals surface area contributed by atoms with Gasteiger partial charge in [0.25, 0.3) is 0 Å². The Bertz CT molecular complexity index is 2060. The van der Waals surface area contributed by atoms with Crippen molar-refractivity contribution in [2.75, 3.05) is 5.84 Å². The van der Waals surface area contributed by atoms with E-state index in [0.29, 0.717) is 5.92 Å². The number of para-hydroxylation sites is 1. The molecule has 4 nitrogen and oxygen atoms in total. The average molecular weight is 452 g/mol. The zero-order valence-electron chi connectivity index (χ0n) is 19.2. The lowest BCUT2D eigenvalue weighted by Crippen LogP contribution is -2.06. The number of fused-ring (bicyclic) bond motifs is 10. The van der Waals surface area contributed by atoms with Crippen LogP contribution in [0.4, 0.5) is 0 Å². The molecule has 2 N–H and O–H groups in total. The molecule has 0 amide bonds. The molecule has 1 aliphatic rings. The van der Waals surface area contributed by atoms with E-state index in [0.717, 1.165) is 55.7 Å². The Morgan fingerprint density at radius 2 is 1.77 bits per heavy atom. The van der Waals surface area contributed by atoms with Gasteiger partial charge in [-0.1, -0.05) is 43.3 Å². The standard InChI is InChI=1S/C31H21N3O/c1-18-10-12-19(13-11-18)33-26-16-23-20-6-2-4-8-25(20)34(32)27(23)17-24(26)21-14-15-29-30(31(21)33)22-7-3-5-9-28(22)35-29/h2-4,6-8,10,12-18H,11,32H2,1H3. The number of nitrogens with two attached hydrogens (primary N) is 1. The Kier molecular flexibility index (Phi) is 3.48. The normalized spacial score (nSPS) is 16.3. The second-order valence-corrected chi connectivity index (χ2v) is 9.59. The van der Waals surface area contributed by atoms with Gasteiger partial charge in [-0.15, -0.1) is 0 Å².